The summed E-state index contributed by atoms with van der Waals surface area (Å²) in [5.41, 5.74) is 5.39. The Kier molecular flexibility index (Phi) is 3.99. The summed E-state index contributed by atoms with van der Waals surface area (Å²) in [7, 11) is 5.39. The van der Waals surface area contributed by atoms with Gasteiger partial charge in [-0.1, -0.05) is 18.7 Å². The van der Waals surface area contributed by atoms with E-state index in [2.05, 4.69) is 30.7 Å². The van der Waals surface area contributed by atoms with Crippen LogP contribution >= 0.6 is 0 Å². The van der Waals surface area contributed by atoms with Gasteiger partial charge >= 0.3 is 0 Å². The second-order valence-electron chi connectivity index (χ2n) is 6.25. The first-order valence-corrected chi connectivity index (χ1v) is 8.39. The highest BCUT2D eigenvalue weighted by Gasteiger charge is 2.25. The molecule has 5 nitrogen and oxygen atoms in total. The molecular weight excluding hydrogens is 330 g/mol. The van der Waals surface area contributed by atoms with Crippen LogP contribution in [0, 0.1) is 0 Å². The fourth-order valence-corrected chi connectivity index (χ4v) is 3.52. The molecule has 0 amide bonds. The molecule has 0 saturated carbocycles. The van der Waals surface area contributed by atoms with Crippen molar-refractivity contribution in [1.29, 1.82) is 0 Å². The third-order valence-electron chi connectivity index (χ3n) is 4.82. The molecule has 0 atom stereocenters. The molecule has 5 heteroatoms. The van der Waals surface area contributed by atoms with Crippen LogP contribution in [0.2, 0.25) is 0 Å². The Hall–Kier alpha value is -3.08. The Morgan fingerprint density at radius 1 is 1.12 bits per heavy atom. The molecule has 2 aromatic carbocycles. The van der Waals surface area contributed by atoms with Crippen LogP contribution in [0.15, 0.2) is 30.8 Å². The van der Waals surface area contributed by atoms with Gasteiger partial charge in [-0.2, -0.15) is 0 Å². The zero-order valence-corrected chi connectivity index (χ0v) is 15.2. The standard InChI is InChI=1S/C21H21NO4/c1-5-13-9-19-20(26-12-25-19)10-15(13)17-8-14-6-7-18(23-3)21(24-4)16(14)11-22(17)2/h5-10H,1,11-12H2,2-4H3. The number of fused-ring (bicyclic) bond motifs is 2. The van der Waals surface area contributed by atoms with E-state index in [-0.39, 0.29) is 6.79 Å². The minimum absolute atomic E-state index is 0.254. The molecule has 0 N–H and O–H groups in total. The predicted molar refractivity (Wildman–Crippen MR) is 102 cm³/mol. The van der Waals surface area contributed by atoms with Gasteiger partial charge in [-0.25, -0.2) is 0 Å². The van der Waals surface area contributed by atoms with Crippen LogP contribution in [0.25, 0.3) is 17.8 Å². The Balaban J connectivity index is 1.87. The maximum Gasteiger partial charge on any atom is 0.231 e. The van der Waals surface area contributed by atoms with Gasteiger partial charge in [0.2, 0.25) is 6.79 Å². The summed E-state index contributed by atoms with van der Waals surface area (Å²) in [6.07, 6.45) is 4.00. The van der Waals surface area contributed by atoms with E-state index >= 15 is 0 Å². The lowest BCUT2D eigenvalue weighted by Gasteiger charge is -2.30. The topological polar surface area (TPSA) is 40.2 Å². The molecule has 0 unspecified atom stereocenters. The maximum atomic E-state index is 5.60. The van der Waals surface area contributed by atoms with Crippen molar-refractivity contribution in [3.63, 3.8) is 0 Å². The van der Waals surface area contributed by atoms with Gasteiger partial charge in [0.05, 0.1) is 14.2 Å². The van der Waals surface area contributed by atoms with Crippen LogP contribution in [-0.4, -0.2) is 33.0 Å². The van der Waals surface area contributed by atoms with Crippen molar-refractivity contribution in [2.45, 2.75) is 6.54 Å². The summed E-state index contributed by atoms with van der Waals surface area (Å²) in [5, 5.41) is 0. The monoisotopic (exact) mass is 351 g/mol. The van der Waals surface area contributed by atoms with Crippen molar-refractivity contribution in [2.24, 2.45) is 0 Å². The van der Waals surface area contributed by atoms with Gasteiger partial charge in [0.1, 0.15) is 0 Å². The van der Waals surface area contributed by atoms with E-state index < -0.39 is 0 Å². The highest BCUT2D eigenvalue weighted by atomic mass is 16.7. The molecule has 0 aliphatic carbocycles. The predicted octanol–water partition coefficient (Wildman–Crippen LogP) is 4.02. The first-order valence-electron chi connectivity index (χ1n) is 8.39. The van der Waals surface area contributed by atoms with Gasteiger partial charge in [0.15, 0.2) is 23.0 Å². The molecule has 0 saturated heterocycles. The second kappa shape index (κ2) is 6.33. The average Bonchev–Trinajstić information content (AvgIpc) is 3.12. The zero-order chi connectivity index (χ0) is 18.3. The fourth-order valence-electron chi connectivity index (χ4n) is 3.52. The fraction of sp³-hybridized carbons (Fsp3) is 0.238. The van der Waals surface area contributed by atoms with E-state index in [0.29, 0.717) is 6.54 Å². The normalized spacial score (nSPS) is 14.6. The summed E-state index contributed by atoms with van der Waals surface area (Å²) in [6, 6.07) is 7.99. The number of hydrogen-bond donors (Lipinski definition) is 0. The molecule has 4 rings (SSSR count). The van der Waals surface area contributed by atoms with Crippen molar-refractivity contribution in [3.05, 3.63) is 53.1 Å². The van der Waals surface area contributed by atoms with Gasteiger partial charge in [-0.15, -0.1) is 0 Å². The highest BCUT2D eigenvalue weighted by Crippen LogP contribution is 2.43. The van der Waals surface area contributed by atoms with Crippen molar-refractivity contribution in [2.75, 3.05) is 28.1 Å². The molecule has 0 fully saturated rings. The third-order valence-corrected chi connectivity index (χ3v) is 4.82. The molecule has 0 radical (unpaired) electrons. The van der Waals surface area contributed by atoms with E-state index in [4.69, 9.17) is 18.9 Å². The van der Waals surface area contributed by atoms with E-state index in [9.17, 15) is 0 Å². The first kappa shape index (κ1) is 16.4. The first-order chi connectivity index (χ1) is 12.7. The van der Waals surface area contributed by atoms with Gasteiger partial charge in [0, 0.05) is 30.4 Å². The average molecular weight is 351 g/mol. The van der Waals surface area contributed by atoms with Crippen molar-refractivity contribution in [1.82, 2.24) is 4.90 Å². The highest BCUT2D eigenvalue weighted by molar-refractivity contribution is 5.88. The molecule has 2 aliphatic heterocycles. The van der Waals surface area contributed by atoms with E-state index in [0.717, 1.165) is 50.9 Å². The smallest absolute Gasteiger partial charge is 0.231 e. The van der Waals surface area contributed by atoms with Crippen LogP contribution in [0.3, 0.4) is 0 Å². The van der Waals surface area contributed by atoms with Gasteiger partial charge in [0.25, 0.3) is 0 Å². The summed E-state index contributed by atoms with van der Waals surface area (Å²) < 4.78 is 22.1. The van der Waals surface area contributed by atoms with Crippen LogP contribution in [-0.2, 0) is 6.54 Å². The lowest BCUT2D eigenvalue weighted by molar-refractivity contribution is 0.174. The lowest BCUT2D eigenvalue weighted by Crippen LogP contribution is -2.21. The van der Waals surface area contributed by atoms with Crippen LogP contribution < -0.4 is 18.9 Å². The Labute approximate surface area is 153 Å². The summed E-state index contributed by atoms with van der Waals surface area (Å²) in [6.45, 7) is 4.92. The summed E-state index contributed by atoms with van der Waals surface area (Å²) in [4.78, 5) is 2.19. The Bertz CT molecular complexity index is 917. The second-order valence-corrected chi connectivity index (χ2v) is 6.25. The van der Waals surface area contributed by atoms with Gasteiger partial charge in [-0.05, 0) is 35.4 Å². The molecule has 134 valence electrons. The zero-order valence-electron chi connectivity index (χ0n) is 15.2. The van der Waals surface area contributed by atoms with Crippen molar-refractivity contribution in [3.8, 4) is 23.0 Å². The lowest BCUT2D eigenvalue weighted by atomic mass is 9.94. The molecule has 0 spiro atoms. The van der Waals surface area contributed by atoms with E-state index in [1.54, 1.807) is 14.2 Å². The summed E-state index contributed by atoms with van der Waals surface area (Å²) >= 11 is 0. The molecule has 2 aliphatic rings. The van der Waals surface area contributed by atoms with Crippen LogP contribution in [0.4, 0.5) is 0 Å². The molecule has 2 aromatic rings. The number of rotatable bonds is 4. The van der Waals surface area contributed by atoms with Gasteiger partial charge < -0.3 is 23.8 Å². The number of ether oxygens (including phenoxy) is 4. The van der Waals surface area contributed by atoms with Gasteiger partial charge in [-0.3, -0.25) is 0 Å². The van der Waals surface area contributed by atoms with Crippen molar-refractivity contribution >= 4 is 17.8 Å². The molecule has 0 bridgehead atoms. The molecule has 0 aromatic heterocycles. The minimum atomic E-state index is 0.254. The maximum absolute atomic E-state index is 5.60. The quantitative estimate of drug-likeness (QED) is 0.832. The van der Waals surface area contributed by atoms with E-state index in [1.807, 2.05) is 24.3 Å². The number of methoxy groups -OCH3 is 2. The summed E-state index contributed by atoms with van der Waals surface area (Å²) in [5.74, 6) is 3.04. The molecule has 26 heavy (non-hydrogen) atoms. The van der Waals surface area contributed by atoms with Crippen LogP contribution in [0.5, 0.6) is 23.0 Å². The Morgan fingerprint density at radius 2 is 1.88 bits per heavy atom. The van der Waals surface area contributed by atoms with Crippen molar-refractivity contribution < 1.29 is 18.9 Å². The molecule has 2 heterocycles. The molecular formula is C21H21NO4. The largest absolute Gasteiger partial charge is 0.493 e. The van der Waals surface area contributed by atoms with E-state index in [1.165, 1.54) is 0 Å². The number of benzene rings is 2. The third kappa shape index (κ3) is 2.47. The van der Waals surface area contributed by atoms with Crippen LogP contribution in [0.1, 0.15) is 22.3 Å². The number of nitrogens with zero attached hydrogens (tertiary/aromatic N) is 1. The Morgan fingerprint density at radius 3 is 2.58 bits per heavy atom. The SMILES string of the molecule is C=Cc1cc2c(cc1C1=Cc3ccc(OC)c(OC)c3CN1C)OCO2. The number of hydrogen-bond acceptors (Lipinski definition) is 5. The minimum Gasteiger partial charge on any atom is -0.493 e.